The van der Waals surface area contributed by atoms with E-state index in [1.807, 2.05) is 12.3 Å². The highest BCUT2D eigenvalue weighted by Crippen LogP contribution is 2.52. The molecule has 2 aliphatic carbocycles. The van der Waals surface area contributed by atoms with Crippen LogP contribution in [0.1, 0.15) is 55.9 Å². The van der Waals surface area contributed by atoms with Crippen LogP contribution in [-0.2, 0) is 6.42 Å². The molecule has 52 heavy (non-hydrogen) atoms. The van der Waals surface area contributed by atoms with Crippen molar-refractivity contribution >= 4 is 61.5 Å². The Morgan fingerprint density at radius 1 is 0.673 bits per heavy atom. The second-order valence-corrected chi connectivity index (χ2v) is 14.5. The number of hydrogen-bond acceptors (Lipinski definition) is 4. The van der Waals surface area contributed by atoms with Gasteiger partial charge in [0.15, 0.2) is 0 Å². The first-order chi connectivity index (χ1) is 25.5. The second kappa shape index (κ2) is 13.0. The predicted octanol–water partition coefficient (Wildman–Crippen LogP) is 12.6. The van der Waals surface area contributed by atoms with Crippen molar-refractivity contribution in [2.45, 2.75) is 46.1 Å². The largest absolute Gasteiger partial charge is 0.315 e. The number of anilines is 5. The van der Waals surface area contributed by atoms with Gasteiger partial charge in [0.2, 0.25) is 0 Å². The van der Waals surface area contributed by atoms with E-state index in [-0.39, 0.29) is 6.04 Å². The number of para-hydroxylation sites is 3. The summed E-state index contributed by atoms with van der Waals surface area (Å²) in [6.45, 7) is 9.31. The first-order valence-electron chi connectivity index (χ1n) is 18.5. The summed E-state index contributed by atoms with van der Waals surface area (Å²) >= 11 is 0. The molecule has 0 amide bonds. The molecule has 0 saturated carbocycles. The Morgan fingerprint density at radius 2 is 1.40 bits per heavy atom. The molecule has 2 aromatic heterocycles. The van der Waals surface area contributed by atoms with E-state index < -0.39 is 0 Å². The van der Waals surface area contributed by atoms with Gasteiger partial charge >= 0.3 is 0 Å². The second-order valence-electron chi connectivity index (χ2n) is 14.5. The molecule has 2 heterocycles. The maximum Gasteiger partial charge on any atom is 0.138 e. The van der Waals surface area contributed by atoms with Crippen LogP contribution in [0, 0.1) is 5.92 Å². The molecule has 1 unspecified atom stereocenters. The van der Waals surface area contributed by atoms with Crippen molar-refractivity contribution in [3.05, 3.63) is 174 Å². The van der Waals surface area contributed by atoms with Crippen molar-refractivity contribution in [3.63, 3.8) is 0 Å². The molecule has 7 aromatic rings. The van der Waals surface area contributed by atoms with E-state index in [2.05, 4.69) is 177 Å². The molecule has 1 atom stereocenters. The number of rotatable bonds is 8. The van der Waals surface area contributed by atoms with E-state index in [9.17, 15) is 0 Å². The highest BCUT2D eigenvalue weighted by molar-refractivity contribution is 6.12. The highest BCUT2D eigenvalue weighted by atomic mass is 15.2. The van der Waals surface area contributed by atoms with Gasteiger partial charge in [-0.2, -0.15) is 0 Å². The minimum Gasteiger partial charge on any atom is -0.315 e. The molecule has 5 aromatic carbocycles. The third-order valence-corrected chi connectivity index (χ3v) is 10.7. The highest BCUT2D eigenvalue weighted by Gasteiger charge is 2.36. The van der Waals surface area contributed by atoms with Gasteiger partial charge < -0.3 is 4.90 Å². The van der Waals surface area contributed by atoms with Crippen LogP contribution in [0.15, 0.2) is 152 Å². The molecular formula is C48H42N4. The summed E-state index contributed by atoms with van der Waals surface area (Å²) in [6.07, 6.45) is 7.78. The fourth-order valence-electron chi connectivity index (χ4n) is 8.37. The van der Waals surface area contributed by atoms with Gasteiger partial charge in [0, 0.05) is 28.3 Å². The van der Waals surface area contributed by atoms with E-state index in [1.165, 1.54) is 44.2 Å². The lowest BCUT2D eigenvalue weighted by Gasteiger charge is -2.40. The maximum atomic E-state index is 5.28. The molecular weight excluding hydrogens is 633 g/mol. The summed E-state index contributed by atoms with van der Waals surface area (Å²) in [4.78, 5) is 15.0. The number of hydrogen-bond donors (Lipinski definition) is 0. The van der Waals surface area contributed by atoms with Gasteiger partial charge in [-0.05, 0) is 118 Å². The Kier molecular flexibility index (Phi) is 7.96. The van der Waals surface area contributed by atoms with Crippen LogP contribution < -0.4 is 9.80 Å². The van der Waals surface area contributed by atoms with Gasteiger partial charge in [-0.3, -0.25) is 4.90 Å². The summed E-state index contributed by atoms with van der Waals surface area (Å²) in [5.74, 6) is 2.51. The number of benzene rings is 5. The van der Waals surface area contributed by atoms with Crippen molar-refractivity contribution < 1.29 is 0 Å². The quantitative estimate of drug-likeness (QED) is 0.161. The van der Waals surface area contributed by atoms with E-state index in [0.29, 0.717) is 11.8 Å². The Morgan fingerprint density at radius 3 is 2.13 bits per heavy atom. The first kappa shape index (κ1) is 31.9. The van der Waals surface area contributed by atoms with Crippen LogP contribution in [0.3, 0.4) is 0 Å². The third-order valence-electron chi connectivity index (χ3n) is 10.7. The SMILES string of the molecule is CC(C)C1=CC(N(c2ccccc2)c2ccccn2)C2=CCc3c(C(C)C)cc(N(c4ccccc4)c4ccc5ccccc5n4)c4ccc1c2c34. The topological polar surface area (TPSA) is 32.3 Å². The molecule has 4 nitrogen and oxygen atoms in total. The molecule has 4 heteroatoms. The van der Waals surface area contributed by atoms with Crippen LogP contribution in [0.25, 0.3) is 32.8 Å². The normalized spacial score (nSPS) is 14.8. The molecule has 0 N–H and O–H groups in total. The monoisotopic (exact) mass is 674 g/mol. The number of pyridine rings is 2. The Balaban J connectivity index is 1.34. The molecule has 0 aliphatic heterocycles. The van der Waals surface area contributed by atoms with Crippen molar-refractivity contribution in [1.29, 1.82) is 0 Å². The number of fused-ring (bicyclic) bond motifs is 1. The zero-order valence-corrected chi connectivity index (χ0v) is 30.2. The lowest BCUT2D eigenvalue weighted by atomic mass is 9.72. The van der Waals surface area contributed by atoms with E-state index in [1.54, 1.807) is 0 Å². The average molecular weight is 675 g/mol. The zero-order valence-electron chi connectivity index (χ0n) is 30.2. The standard InChI is InChI=1S/C48H42N4/c1-31(2)40-29-43(51(34-16-7-5-8-17-34)45-21-13-14-28-49-45)38-25-23-37-41(32(3)4)30-44(39-26-24-36(40)47(38)48(37)39)52(35-18-9-6-10-19-35)46-27-22-33-15-11-12-20-42(33)50-46/h5-22,24-32,43H,23H2,1-4H3. The molecule has 0 fully saturated rings. The Hall–Kier alpha value is -6.00. The van der Waals surface area contributed by atoms with Gasteiger partial charge in [-0.15, -0.1) is 0 Å². The van der Waals surface area contributed by atoms with Crippen molar-refractivity contribution in [2.75, 3.05) is 9.80 Å². The summed E-state index contributed by atoms with van der Waals surface area (Å²) in [7, 11) is 0. The predicted molar refractivity (Wildman–Crippen MR) is 219 cm³/mol. The minimum atomic E-state index is -0.0283. The maximum absolute atomic E-state index is 5.28. The smallest absolute Gasteiger partial charge is 0.138 e. The van der Waals surface area contributed by atoms with Gasteiger partial charge in [0.05, 0.1) is 17.2 Å². The minimum absolute atomic E-state index is 0.0283. The van der Waals surface area contributed by atoms with Crippen LogP contribution in [0.2, 0.25) is 0 Å². The number of allylic oxidation sites excluding steroid dienone is 2. The summed E-state index contributed by atoms with van der Waals surface area (Å²) in [6, 6.07) is 47.6. The third kappa shape index (κ3) is 5.29. The molecule has 0 saturated heterocycles. The van der Waals surface area contributed by atoms with E-state index >= 15 is 0 Å². The summed E-state index contributed by atoms with van der Waals surface area (Å²) < 4.78 is 0. The van der Waals surface area contributed by atoms with E-state index in [4.69, 9.17) is 9.97 Å². The summed E-state index contributed by atoms with van der Waals surface area (Å²) in [5.41, 5.74) is 12.6. The van der Waals surface area contributed by atoms with Crippen LogP contribution >= 0.6 is 0 Å². The van der Waals surface area contributed by atoms with Gasteiger partial charge in [-0.25, -0.2) is 9.97 Å². The first-order valence-corrected chi connectivity index (χ1v) is 18.5. The van der Waals surface area contributed by atoms with E-state index in [0.717, 1.165) is 46.0 Å². The zero-order chi connectivity index (χ0) is 35.3. The van der Waals surface area contributed by atoms with Crippen molar-refractivity contribution in [1.82, 2.24) is 9.97 Å². The molecule has 9 rings (SSSR count). The van der Waals surface area contributed by atoms with Crippen molar-refractivity contribution in [2.24, 2.45) is 5.92 Å². The molecule has 0 bridgehead atoms. The number of aromatic nitrogens is 2. The molecule has 0 radical (unpaired) electrons. The lowest BCUT2D eigenvalue weighted by Crippen LogP contribution is -2.35. The lowest BCUT2D eigenvalue weighted by molar-refractivity contribution is 0.829. The van der Waals surface area contributed by atoms with Gasteiger partial charge in [-0.1, -0.05) is 113 Å². The molecule has 254 valence electrons. The fourth-order valence-corrected chi connectivity index (χ4v) is 8.37. The van der Waals surface area contributed by atoms with Crippen LogP contribution in [-0.4, -0.2) is 16.0 Å². The Bertz CT molecular complexity index is 2460. The van der Waals surface area contributed by atoms with Crippen molar-refractivity contribution in [3.8, 4) is 0 Å². The fraction of sp³-hybridized carbons (Fsp3) is 0.167. The summed E-state index contributed by atoms with van der Waals surface area (Å²) in [5, 5.41) is 3.74. The van der Waals surface area contributed by atoms with Gasteiger partial charge in [0.1, 0.15) is 11.6 Å². The van der Waals surface area contributed by atoms with Crippen LogP contribution in [0.5, 0.6) is 0 Å². The van der Waals surface area contributed by atoms with Crippen LogP contribution in [0.4, 0.5) is 28.7 Å². The molecule has 0 spiro atoms. The van der Waals surface area contributed by atoms with Gasteiger partial charge in [0.25, 0.3) is 0 Å². The molecule has 2 aliphatic rings. The Labute approximate surface area is 306 Å². The average Bonchev–Trinajstić information content (AvgIpc) is 3.18. The number of nitrogens with zero attached hydrogens (tertiary/aromatic N) is 4.